The van der Waals surface area contributed by atoms with E-state index in [0.29, 0.717) is 43.4 Å². The Bertz CT molecular complexity index is 1250. The summed E-state index contributed by atoms with van der Waals surface area (Å²) in [6, 6.07) is 12.2. The Labute approximate surface area is 232 Å². The minimum absolute atomic E-state index is 0.00344. The minimum atomic E-state index is -3.62. The van der Waals surface area contributed by atoms with Gasteiger partial charge in [-0.2, -0.15) is 0 Å². The van der Waals surface area contributed by atoms with Crippen LogP contribution in [0.1, 0.15) is 57.6 Å². The summed E-state index contributed by atoms with van der Waals surface area (Å²) in [7, 11) is -3.62. The van der Waals surface area contributed by atoms with E-state index in [4.69, 9.17) is 9.47 Å². The van der Waals surface area contributed by atoms with Gasteiger partial charge in [0.15, 0.2) is 11.5 Å². The minimum Gasteiger partial charge on any atom is -0.486 e. The van der Waals surface area contributed by atoms with Crippen molar-refractivity contribution in [3.05, 3.63) is 53.6 Å². The average Bonchev–Trinajstić information content (AvgIpc) is 2.90. The van der Waals surface area contributed by atoms with Crippen molar-refractivity contribution in [2.75, 3.05) is 30.3 Å². The van der Waals surface area contributed by atoms with E-state index in [0.717, 1.165) is 23.8 Å². The van der Waals surface area contributed by atoms with Crippen molar-refractivity contribution in [1.82, 2.24) is 10.2 Å². The van der Waals surface area contributed by atoms with Gasteiger partial charge in [-0.25, -0.2) is 8.42 Å². The SMILES string of the molecule is CCC(C)NC(=O)C(CC)N(Cc1ccccc1C)C(=O)CCCN(c1ccc2c(c1)OCCO2)S(C)(=O)=O. The Hall–Kier alpha value is -3.27. The van der Waals surface area contributed by atoms with Gasteiger partial charge in [0.25, 0.3) is 0 Å². The predicted octanol–water partition coefficient (Wildman–Crippen LogP) is 4.03. The number of aryl methyl sites for hydroxylation is 1. The first-order valence-corrected chi connectivity index (χ1v) is 15.4. The number of fused-ring (bicyclic) bond motifs is 1. The van der Waals surface area contributed by atoms with Gasteiger partial charge < -0.3 is 19.7 Å². The summed E-state index contributed by atoms with van der Waals surface area (Å²) >= 11 is 0. The van der Waals surface area contributed by atoms with Crippen LogP contribution >= 0.6 is 0 Å². The van der Waals surface area contributed by atoms with E-state index >= 15 is 0 Å². The van der Waals surface area contributed by atoms with Crippen LogP contribution in [-0.2, 0) is 26.2 Å². The molecule has 1 heterocycles. The lowest BCUT2D eigenvalue weighted by Crippen LogP contribution is -2.50. The van der Waals surface area contributed by atoms with Crippen molar-refractivity contribution in [2.45, 2.75) is 72.0 Å². The molecule has 0 saturated heterocycles. The summed E-state index contributed by atoms with van der Waals surface area (Å²) in [6.07, 6.45) is 2.77. The topological polar surface area (TPSA) is 105 Å². The summed E-state index contributed by atoms with van der Waals surface area (Å²) in [4.78, 5) is 28.4. The van der Waals surface area contributed by atoms with Crippen molar-refractivity contribution < 1.29 is 27.5 Å². The number of nitrogens with one attached hydrogen (secondary N) is 1. The summed E-state index contributed by atoms with van der Waals surface area (Å²) in [6.45, 7) is 9.06. The molecule has 9 nitrogen and oxygen atoms in total. The lowest BCUT2D eigenvalue weighted by Gasteiger charge is -2.32. The molecule has 0 aromatic heterocycles. The molecular weight excluding hydrogens is 518 g/mol. The average molecular weight is 560 g/mol. The van der Waals surface area contributed by atoms with Crippen LogP contribution in [-0.4, -0.2) is 63.2 Å². The van der Waals surface area contributed by atoms with Crippen LogP contribution in [0.2, 0.25) is 0 Å². The van der Waals surface area contributed by atoms with Gasteiger partial charge in [-0.3, -0.25) is 13.9 Å². The highest BCUT2D eigenvalue weighted by Crippen LogP contribution is 2.34. The molecule has 2 aromatic carbocycles. The smallest absolute Gasteiger partial charge is 0.243 e. The summed E-state index contributed by atoms with van der Waals surface area (Å²) in [5.41, 5.74) is 2.45. The van der Waals surface area contributed by atoms with Crippen LogP contribution in [0.3, 0.4) is 0 Å². The van der Waals surface area contributed by atoms with E-state index in [1.165, 1.54) is 4.31 Å². The second kappa shape index (κ2) is 13.7. The number of carbonyl (C=O) groups is 2. The molecule has 0 fully saturated rings. The van der Waals surface area contributed by atoms with E-state index < -0.39 is 16.1 Å². The molecule has 10 heteroatoms. The van der Waals surface area contributed by atoms with Crippen molar-refractivity contribution in [1.29, 1.82) is 0 Å². The third-order valence-electron chi connectivity index (χ3n) is 6.95. The lowest BCUT2D eigenvalue weighted by molar-refractivity contribution is -0.141. The highest BCUT2D eigenvalue weighted by atomic mass is 32.2. The lowest BCUT2D eigenvalue weighted by atomic mass is 10.0. The van der Waals surface area contributed by atoms with Crippen molar-refractivity contribution in [2.24, 2.45) is 0 Å². The van der Waals surface area contributed by atoms with Crippen LogP contribution < -0.4 is 19.1 Å². The molecule has 3 rings (SSSR count). The van der Waals surface area contributed by atoms with Gasteiger partial charge in [-0.05, 0) is 56.4 Å². The highest BCUT2D eigenvalue weighted by molar-refractivity contribution is 7.92. The maximum Gasteiger partial charge on any atom is 0.243 e. The van der Waals surface area contributed by atoms with Crippen LogP contribution in [0, 0.1) is 6.92 Å². The Morgan fingerprint density at radius 3 is 2.36 bits per heavy atom. The van der Waals surface area contributed by atoms with E-state index in [1.54, 1.807) is 23.1 Å². The zero-order valence-corrected chi connectivity index (χ0v) is 24.4. The molecule has 0 radical (unpaired) electrons. The Morgan fingerprint density at radius 1 is 1.03 bits per heavy atom. The number of sulfonamides is 1. The number of nitrogens with zero attached hydrogens (tertiary/aromatic N) is 2. The summed E-state index contributed by atoms with van der Waals surface area (Å²) in [5, 5.41) is 3.01. The molecule has 2 aromatic rings. The molecule has 0 spiro atoms. The quantitative estimate of drug-likeness (QED) is 0.397. The molecule has 2 unspecified atom stereocenters. The van der Waals surface area contributed by atoms with Gasteiger partial charge in [0.05, 0.1) is 11.9 Å². The van der Waals surface area contributed by atoms with Gasteiger partial charge in [0.2, 0.25) is 21.8 Å². The fourth-order valence-electron chi connectivity index (χ4n) is 4.52. The van der Waals surface area contributed by atoms with Crippen molar-refractivity contribution >= 4 is 27.5 Å². The van der Waals surface area contributed by atoms with E-state index in [2.05, 4.69) is 5.32 Å². The van der Waals surface area contributed by atoms with Gasteiger partial charge in [0.1, 0.15) is 19.3 Å². The first-order chi connectivity index (χ1) is 18.5. The first-order valence-electron chi connectivity index (χ1n) is 13.6. The van der Waals surface area contributed by atoms with Crippen LogP contribution in [0.25, 0.3) is 0 Å². The predicted molar refractivity (Wildman–Crippen MR) is 153 cm³/mol. The van der Waals surface area contributed by atoms with Crippen LogP contribution in [0.5, 0.6) is 11.5 Å². The number of hydrogen-bond donors (Lipinski definition) is 1. The van der Waals surface area contributed by atoms with E-state index in [-0.39, 0.29) is 37.2 Å². The second-order valence-corrected chi connectivity index (χ2v) is 11.9. The monoisotopic (exact) mass is 559 g/mol. The molecule has 1 aliphatic heterocycles. The Balaban J connectivity index is 1.78. The fourth-order valence-corrected chi connectivity index (χ4v) is 5.48. The van der Waals surface area contributed by atoms with Gasteiger partial charge in [-0.15, -0.1) is 0 Å². The van der Waals surface area contributed by atoms with E-state index in [9.17, 15) is 18.0 Å². The number of hydrogen-bond acceptors (Lipinski definition) is 6. The molecule has 214 valence electrons. The molecule has 2 amide bonds. The number of carbonyl (C=O) groups excluding carboxylic acids is 2. The summed E-state index contributed by atoms with van der Waals surface area (Å²) in [5.74, 6) is 0.690. The molecular formula is C29H41N3O6S. The number of anilines is 1. The molecule has 0 saturated carbocycles. The van der Waals surface area contributed by atoms with Crippen molar-refractivity contribution in [3.8, 4) is 11.5 Å². The number of rotatable bonds is 13. The Kier molecular flexibility index (Phi) is 10.6. The summed E-state index contributed by atoms with van der Waals surface area (Å²) < 4.78 is 37.8. The first kappa shape index (κ1) is 30.3. The Morgan fingerprint density at radius 2 is 1.72 bits per heavy atom. The third kappa shape index (κ3) is 8.11. The van der Waals surface area contributed by atoms with Gasteiger partial charge >= 0.3 is 0 Å². The largest absolute Gasteiger partial charge is 0.486 e. The number of benzene rings is 2. The van der Waals surface area contributed by atoms with E-state index in [1.807, 2.05) is 52.0 Å². The highest BCUT2D eigenvalue weighted by Gasteiger charge is 2.30. The van der Waals surface area contributed by atoms with Crippen LogP contribution in [0.15, 0.2) is 42.5 Å². The molecule has 2 atom stereocenters. The zero-order chi connectivity index (χ0) is 28.6. The molecule has 39 heavy (non-hydrogen) atoms. The normalized spacial score (nSPS) is 14.3. The molecule has 1 N–H and O–H groups in total. The fraction of sp³-hybridized carbons (Fsp3) is 0.517. The standard InChI is InChI=1S/C29H41N3O6S/c1-6-22(4)30-29(34)25(7-2)31(20-23-12-9-8-11-21(23)3)28(33)13-10-16-32(39(5,35)36)24-14-15-26-27(19-24)38-18-17-37-26/h8-9,11-12,14-15,19,22,25H,6-7,10,13,16-18,20H2,1-5H3,(H,30,34). The number of ether oxygens (including phenoxy) is 2. The van der Waals surface area contributed by atoms with Crippen LogP contribution in [0.4, 0.5) is 5.69 Å². The zero-order valence-electron chi connectivity index (χ0n) is 23.6. The third-order valence-corrected chi connectivity index (χ3v) is 8.15. The maximum atomic E-state index is 13.6. The van der Waals surface area contributed by atoms with Gasteiger partial charge in [-0.1, -0.05) is 38.1 Å². The maximum absolute atomic E-state index is 13.6. The second-order valence-electron chi connectivity index (χ2n) is 9.96. The van der Waals surface area contributed by atoms with Crippen molar-refractivity contribution in [3.63, 3.8) is 0 Å². The molecule has 0 bridgehead atoms. The van der Waals surface area contributed by atoms with Gasteiger partial charge in [0, 0.05) is 31.6 Å². The molecule has 1 aliphatic rings. The molecule has 0 aliphatic carbocycles. The number of amides is 2.